The van der Waals surface area contributed by atoms with Gasteiger partial charge in [0.15, 0.2) is 5.03 Å². The molecule has 18 heavy (non-hydrogen) atoms. The molecular weight excluding hydrogens is 276 g/mol. The molecule has 0 N–H and O–H groups in total. The Balaban J connectivity index is 3.04. The second-order valence-electron chi connectivity index (χ2n) is 4.22. The van der Waals surface area contributed by atoms with E-state index in [-0.39, 0.29) is 11.1 Å². The Morgan fingerprint density at radius 2 is 2.22 bits per heavy atom. The van der Waals surface area contributed by atoms with Crippen LogP contribution in [0.3, 0.4) is 0 Å². The first-order valence-electron chi connectivity index (χ1n) is 5.91. The van der Waals surface area contributed by atoms with Crippen LogP contribution >= 0.6 is 10.7 Å². The molecule has 1 unspecified atom stereocenters. The van der Waals surface area contributed by atoms with Crippen LogP contribution in [-0.2, 0) is 20.2 Å². The Kier molecular flexibility index (Phi) is 5.62. The number of halogens is 1. The predicted octanol–water partition coefficient (Wildman–Crippen LogP) is 2.36. The first-order valence-corrected chi connectivity index (χ1v) is 8.22. The Morgan fingerprint density at radius 3 is 2.72 bits per heavy atom. The van der Waals surface area contributed by atoms with Gasteiger partial charge in [0.1, 0.15) is 5.82 Å². The molecular formula is C11H19ClN2O3S. The lowest BCUT2D eigenvalue weighted by Gasteiger charge is -2.15. The second-order valence-corrected chi connectivity index (χ2v) is 6.73. The smallest absolute Gasteiger partial charge is 0.280 e. The van der Waals surface area contributed by atoms with Gasteiger partial charge >= 0.3 is 0 Å². The topological polar surface area (TPSA) is 61.2 Å². The van der Waals surface area contributed by atoms with Crippen LogP contribution in [0.15, 0.2) is 11.2 Å². The van der Waals surface area contributed by atoms with Crippen molar-refractivity contribution in [3.05, 3.63) is 12.0 Å². The zero-order chi connectivity index (χ0) is 13.8. The molecule has 7 heteroatoms. The van der Waals surface area contributed by atoms with Gasteiger partial charge < -0.3 is 9.30 Å². The lowest BCUT2D eigenvalue weighted by atomic mass is 10.2. The molecule has 0 aliphatic carbocycles. The highest BCUT2D eigenvalue weighted by Crippen LogP contribution is 2.21. The van der Waals surface area contributed by atoms with E-state index in [1.807, 2.05) is 18.4 Å². The Bertz CT molecular complexity index is 484. The standard InChI is InChI=1S/C11H19ClN2O3S/c1-4-5-10-13-11(18(12,15)16)8-14(10)9(2)6-7-17-3/h8-9H,4-7H2,1-3H3. The first-order chi connectivity index (χ1) is 8.40. The molecule has 0 aliphatic rings. The van der Waals surface area contributed by atoms with Crippen LogP contribution in [0.1, 0.15) is 38.6 Å². The minimum Gasteiger partial charge on any atom is -0.385 e. The summed E-state index contributed by atoms with van der Waals surface area (Å²) < 4.78 is 29.5. The molecule has 0 spiro atoms. The third kappa shape index (κ3) is 3.96. The van der Waals surface area contributed by atoms with Gasteiger partial charge in [0.25, 0.3) is 9.05 Å². The van der Waals surface area contributed by atoms with Crippen molar-refractivity contribution in [2.24, 2.45) is 0 Å². The van der Waals surface area contributed by atoms with Gasteiger partial charge in [0.2, 0.25) is 0 Å². The van der Waals surface area contributed by atoms with Gasteiger partial charge in [-0.3, -0.25) is 0 Å². The molecule has 0 bridgehead atoms. The van der Waals surface area contributed by atoms with Crippen molar-refractivity contribution < 1.29 is 13.2 Å². The molecule has 0 radical (unpaired) electrons. The van der Waals surface area contributed by atoms with Gasteiger partial charge in [-0.2, -0.15) is 0 Å². The molecule has 0 amide bonds. The number of nitrogens with zero attached hydrogens (tertiary/aromatic N) is 2. The highest BCUT2D eigenvalue weighted by molar-refractivity contribution is 8.13. The number of imidazole rings is 1. The fourth-order valence-corrected chi connectivity index (χ4v) is 2.42. The first kappa shape index (κ1) is 15.5. The summed E-state index contributed by atoms with van der Waals surface area (Å²) in [5, 5.41) is -0.0723. The van der Waals surface area contributed by atoms with E-state index >= 15 is 0 Å². The van der Waals surface area contributed by atoms with Crippen molar-refractivity contribution in [3.63, 3.8) is 0 Å². The summed E-state index contributed by atoms with van der Waals surface area (Å²) in [5.41, 5.74) is 0. The minimum atomic E-state index is -3.77. The number of aromatic nitrogens is 2. The van der Waals surface area contributed by atoms with E-state index < -0.39 is 9.05 Å². The van der Waals surface area contributed by atoms with Gasteiger partial charge in [0, 0.05) is 43.1 Å². The fraction of sp³-hybridized carbons (Fsp3) is 0.727. The summed E-state index contributed by atoms with van der Waals surface area (Å²) in [7, 11) is 3.20. The molecule has 1 heterocycles. The summed E-state index contributed by atoms with van der Waals surface area (Å²) in [6, 6.07) is 0.131. The predicted molar refractivity (Wildman–Crippen MR) is 70.5 cm³/mol. The highest BCUT2D eigenvalue weighted by Gasteiger charge is 2.19. The van der Waals surface area contributed by atoms with Gasteiger partial charge in [-0.25, -0.2) is 13.4 Å². The fourth-order valence-electron chi connectivity index (χ4n) is 1.74. The SMILES string of the molecule is CCCc1nc(S(=O)(=O)Cl)cn1C(C)CCOC. The maximum atomic E-state index is 11.3. The van der Waals surface area contributed by atoms with E-state index in [0.29, 0.717) is 6.61 Å². The van der Waals surface area contributed by atoms with Crippen LogP contribution in [0, 0.1) is 0 Å². The molecule has 1 rings (SSSR count). The Morgan fingerprint density at radius 1 is 1.56 bits per heavy atom. The average Bonchev–Trinajstić information content (AvgIpc) is 2.70. The molecule has 0 saturated carbocycles. The number of hydrogen-bond acceptors (Lipinski definition) is 4. The van der Waals surface area contributed by atoms with Crippen LogP contribution in [0.25, 0.3) is 0 Å². The van der Waals surface area contributed by atoms with E-state index in [0.717, 1.165) is 25.1 Å². The van der Waals surface area contributed by atoms with E-state index in [4.69, 9.17) is 15.4 Å². The summed E-state index contributed by atoms with van der Waals surface area (Å²) in [5.74, 6) is 0.750. The zero-order valence-electron chi connectivity index (χ0n) is 10.9. The summed E-state index contributed by atoms with van der Waals surface area (Å²) in [6.45, 7) is 4.64. The normalized spacial score (nSPS) is 13.8. The molecule has 0 aromatic carbocycles. The molecule has 0 saturated heterocycles. The van der Waals surface area contributed by atoms with Gasteiger partial charge in [-0.1, -0.05) is 6.92 Å². The maximum Gasteiger partial charge on any atom is 0.280 e. The van der Waals surface area contributed by atoms with Crippen molar-refractivity contribution in [3.8, 4) is 0 Å². The molecule has 0 fully saturated rings. The third-order valence-electron chi connectivity index (χ3n) is 2.72. The van der Waals surface area contributed by atoms with E-state index in [1.54, 1.807) is 7.11 Å². The number of methoxy groups -OCH3 is 1. The summed E-state index contributed by atoms with van der Waals surface area (Å²) >= 11 is 0. The van der Waals surface area contributed by atoms with E-state index in [1.165, 1.54) is 6.20 Å². The van der Waals surface area contributed by atoms with Crippen LogP contribution in [0.2, 0.25) is 0 Å². The number of rotatable bonds is 7. The van der Waals surface area contributed by atoms with Crippen molar-refractivity contribution in [1.82, 2.24) is 9.55 Å². The second kappa shape index (κ2) is 6.54. The van der Waals surface area contributed by atoms with Crippen LogP contribution in [0.4, 0.5) is 0 Å². The van der Waals surface area contributed by atoms with E-state index in [9.17, 15) is 8.42 Å². The van der Waals surface area contributed by atoms with Crippen molar-refractivity contribution >= 4 is 19.7 Å². The van der Waals surface area contributed by atoms with Gasteiger partial charge in [0.05, 0.1) is 0 Å². The molecule has 104 valence electrons. The summed E-state index contributed by atoms with van der Waals surface area (Å²) in [4.78, 5) is 4.10. The largest absolute Gasteiger partial charge is 0.385 e. The maximum absolute atomic E-state index is 11.3. The number of aryl methyl sites for hydroxylation is 1. The minimum absolute atomic E-state index is 0.0723. The average molecular weight is 295 g/mol. The van der Waals surface area contributed by atoms with Crippen molar-refractivity contribution in [1.29, 1.82) is 0 Å². The Hall–Kier alpha value is -0.590. The summed E-state index contributed by atoms with van der Waals surface area (Å²) in [6.07, 6.45) is 3.93. The molecule has 1 aromatic rings. The third-order valence-corrected chi connectivity index (χ3v) is 3.90. The monoisotopic (exact) mass is 294 g/mol. The van der Waals surface area contributed by atoms with Crippen molar-refractivity contribution in [2.75, 3.05) is 13.7 Å². The van der Waals surface area contributed by atoms with Crippen LogP contribution < -0.4 is 0 Å². The van der Waals surface area contributed by atoms with Crippen LogP contribution in [0.5, 0.6) is 0 Å². The highest BCUT2D eigenvalue weighted by atomic mass is 35.7. The van der Waals surface area contributed by atoms with Gasteiger partial charge in [-0.05, 0) is 19.8 Å². The molecule has 0 aliphatic heterocycles. The van der Waals surface area contributed by atoms with Gasteiger partial charge in [-0.15, -0.1) is 0 Å². The van der Waals surface area contributed by atoms with Crippen LogP contribution in [-0.4, -0.2) is 31.7 Å². The zero-order valence-corrected chi connectivity index (χ0v) is 12.5. The number of ether oxygens (including phenoxy) is 1. The molecule has 5 nitrogen and oxygen atoms in total. The lowest BCUT2D eigenvalue weighted by molar-refractivity contribution is 0.180. The van der Waals surface area contributed by atoms with E-state index in [2.05, 4.69) is 4.98 Å². The molecule has 1 atom stereocenters. The quantitative estimate of drug-likeness (QED) is 0.724. The Labute approximate surface area is 113 Å². The lowest BCUT2D eigenvalue weighted by Crippen LogP contribution is -2.10. The number of hydrogen-bond donors (Lipinski definition) is 0. The molecule has 1 aromatic heterocycles. The van der Waals surface area contributed by atoms with Crippen molar-refractivity contribution in [2.45, 2.75) is 44.2 Å².